The molecule has 2 heterocycles. The topological polar surface area (TPSA) is 82.5 Å². The average Bonchev–Trinajstić information content (AvgIpc) is 2.98. The smallest absolute Gasteiger partial charge is 0.277 e. The first-order valence-electron chi connectivity index (χ1n) is 10.3. The summed E-state index contributed by atoms with van der Waals surface area (Å²) in [6.07, 6.45) is 0. The molecule has 2 amide bonds. The van der Waals surface area contributed by atoms with Gasteiger partial charge in [-0.05, 0) is 23.6 Å². The summed E-state index contributed by atoms with van der Waals surface area (Å²) in [5.41, 5.74) is 1.51. The number of imide groups is 1. The van der Waals surface area contributed by atoms with Crippen molar-refractivity contribution in [2.24, 2.45) is 5.92 Å². The van der Waals surface area contributed by atoms with Crippen molar-refractivity contribution in [1.82, 2.24) is 14.7 Å². The SMILES string of the molecule is COc1ccc(C2=C(N3CCN(CCO)CC3)C(=O)N(CC(C)C)C2=O)cc1OC. The van der Waals surface area contributed by atoms with Gasteiger partial charge in [0.25, 0.3) is 11.8 Å². The number of piperazine rings is 1. The molecule has 1 fully saturated rings. The molecule has 3 rings (SSSR count). The van der Waals surface area contributed by atoms with Crippen LogP contribution in [0.2, 0.25) is 0 Å². The highest BCUT2D eigenvalue weighted by atomic mass is 16.5. The average molecular weight is 418 g/mol. The minimum absolute atomic E-state index is 0.110. The van der Waals surface area contributed by atoms with Gasteiger partial charge in [0.1, 0.15) is 5.70 Å². The van der Waals surface area contributed by atoms with Crippen molar-refractivity contribution in [1.29, 1.82) is 0 Å². The van der Waals surface area contributed by atoms with Crippen molar-refractivity contribution in [3.63, 3.8) is 0 Å². The number of carbonyl (C=O) groups excluding carboxylic acids is 2. The number of benzene rings is 1. The van der Waals surface area contributed by atoms with Gasteiger partial charge in [-0.1, -0.05) is 19.9 Å². The van der Waals surface area contributed by atoms with E-state index in [4.69, 9.17) is 9.47 Å². The predicted molar refractivity (Wildman–Crippen MR) is 113 cm³/mol. The van der Waals surface area contributed by atoms with Gasteiger partial charge in [-0.15, -0.1) is 0 Å². The summed E-state index contributed by atoms with van der Waals surface area (Å²) in [6.45, 7) is 7.79. The number of carbonyl (C=O) groups is 2. The first-order valence-corrected chi connectivity index (χ1v) is 10.3. The third-order valence-electron chi connectivity index (χ3n) is 5.47. The van der Waals surface area contributed by atoms with E-state index < -0.39 is 0 Å². The first kappa shape index (κ1) is 22.1. The summed E-state index contributed by atoms with van der Waals surface area (Å²) >= 11 is 0. The molecule has 8 heteroatoms. The number of hydrogen-bond donors (Lipinski definition) is 1. The Labute approximate surface area is 177 Å². The molecule has 2 aliphatic rings. The Balaban J connectivity index is 2.01. The summed E-state index contributed by atoms with van der Waals surface area (Å²) in [5.74, 6) is 0.738. The number of aliphatic hydroxyl groups excluding tert-OH is 1. The molecule has 2 aliphatic heterocycles. The Kier molecular flexibility index (Phi) is 6.99. The van der Waals surface area contributed by atoms with Crippen molar-refractivity contribution >= 4 is 17.4 Å². The Morgan fingerprint density at radius 3 is 2.23 bits per heavy atom. The van der Waals surface area contributed by atoms with Crippen molar-refractivity contribution in [2.45, 2.75) is 13.8 Å². The molecule has 8 nitrogen and oxygen atoms in total. The van der Waals surface area contributed by atoms with E-state index in [1.807, 2.05) is 18.7 Å². The van der Waals surface area contributed by atoms with Gasteiger partial charge in [0.05, 0.1) is 26.4 Å². The molecule has 1 aromatic carbocycles. The van der Waals surface area contributed by atoms with Gasteiger partial charge in [-0.3, -0.25) is 19.4 Å². The normalized spacial score (nSPS) is 18.1. The number of amides is 2. The maximum atomic E-state index is 13.3. The zero-order valence-electron chi connectivity index (χ0n) is 18.2. The molecular weight excluding hydrogens is 386 g/mol. The summed E-state index contributed by atoms with van der Waals surface area (Å²) in [4.78, 5) is 32.2. The van der Waals surface area contributed by atoms with Gasteiger partial charge >= 0.3 is 0 Å². The summed E-state index contributed by atoms with van der Waals surface area (Å²) in [6, 6.07) is 5.30. The van der Waals surface area contributed by atoms with Crippen LogP contribution in [0.4, 0.5) is 0 Å². The standard InChI is InChI=1S/C22H31N3O5/c1-15(2)14-25-21(27)19(16-5-6-17(29-3)18(13-16)30-4)20(22(25)28)24-9-7-23(8-10-24)11-12-26/h5-6,13,15,26H,7-12,14H2,1-4H3. The Morgan fingerprint density at radius 2 is 1.67 bits per heavy atom. The fourth-order valence-electron chi connectivity index (χ4n) is 3.98. The maximum Gasteiger partial charge on any atom is 0.277 e. The van der Waals surface area contributed by atoms with Crippen molar-refractivity contribution in [3.05, 3.63) is 29.5 Å². The molecule has 30 heavy (non-hydrogen) atoms. The number of β-amino-alcohol motifs (C(OH)–C–C–N with tert-alkyl or cyclic N) is 1. The number of rotatable bonds is 8. The van der Waals surface area contributed by atoms with Gasteiger partial charge in [-0.25, -0.2) is 0 Å². The van der Waals surface area contributed by atoms with Crippen LogP contribution in [0.5, 0.6) is 11.5 Å². The van der Waals surface area contributed by atoms with E-state index in [0.29, 0.717) is 54.5 Å². The van der Waals surface area contributed by atoms with Crippen LogP contribution in [0.15, 0.2) is 23.9 Å². The lowest BCUT2D eigenvalue weighted by Crippen LogP contribution is -2.48. The maximum absolute atomic E-state index is 13.3. The largest absolute Gasteiger partial charge is 0.493 e. The van der Waals surface area contributed by atoms with Gasteiger partial charge < -0.3 is 19.5 Å². The van der Waals surface area contributed by atoms with Gasteiger partial charge in [0.2, 0.25) is 0 Å². The molecule has 0 radical (unpaired) electrons. The fraction of sp³-hybridized carbons (Fsp3) is 0.545. The lowest BCUT2D eigenvalue weighted by molar-refractivity contribution is -0.138. The van der Waals surface area contributed by atoms with E-state index in [0.717, 1.165) is 13.1 Å². The van der Waals surface area contributed by atoms with Gasteiger partial charge in [0, 0.05) is 39.3 Å². The molecule has 0 aromatic heterocycles. The first-order chi connectivity index (χ1) is 14.4. The summed E-state index contributed by atoms with van der Waals surface area (Å²) < 4.78 is 10.7. The van der Waals surface area contributed by atoms with Crippen LogP contribution in [0.3, 0.4) is 0 Å². The van der Waals surface area contributed by atoms with Gasteiger partial charge in [-0.2, -0.15) is 0 Å². The zero-order valence-corrected chi connectivity index (χ0v) is 18.2. The lowest BCUT2D eigenvalue weighted by atomic mass is 10.0. The van der Waals surface area contributed by atoms with Gasteiger partial charge in [0.15, 0.2) is 11.5 Å². The fourth-order valence-corrected chi connectivity index (χ4v) is 3.98. The van der Waals surface area contributed by atoms with Crippen molar-refractivity contribution in [2.75, 3.05) is 60.1 Å². The molecule has 0 aliphatic carbocycles. The van der Waals surface area contributed by atoms with Crippen LogP contribution in [-0.4, -0.2) is 91.7 Å². The van der Waals surface area contributed by atoms with Crippen LogP contribution >= 0.6 is 0 Å². The number of hydrogen-bond acceptors (Lipinski definition) is 7. The number of ether oxygens (including phenoxy) is 2. The van der Waals surface area contributed by atoms with E-state index in [1.54, 1.807) is 32.4 Å². The second-order valence-corrected chi connectivity index (χ2v) is 7.96. The molecular formula is C22H31N3O5. The van der Waals surface area contributed by atoms with E-state index in [1.165, 1.54) is 4.90 Å². The third-order valence-corrected chi connectivity index (χ3v) is 5.47. The molecule has 1 aromatic rings. The monoisotopic (exact) mass is 417 g/mol. The van der Waals surface area contributed by atoms with Crippen molar-refractivity contribution < 1.29 is 24.2 Å². The Bertz CT molecular complexity index is 828. The predicted octanol–water partition coefficient (Wildman–Crippen LogP) is 1.05. The molecule has 1 N–H and O–H groups in total. The molecule has 0 atom stereocenters. The van der Waals surface area contributed by atoms with E-state index in [-0.39, 0.29) is 24.3 Å². The number of methoxy groups -OCH3 is 2. The second kappa shape index (κ2) is 9.49. The van der Waals surface area contributed by atoms with Crippen LogP contribution < -0.4 is 9.47 Å². The lowest BCUT2D eigenvalue weighted by Gasteiger charge is -2.36. The third kappa shape index (κ3) is 4.29. The minimum Gasteiger partial charge on any atom is -0.493 e. The highest BCUT2D eigenvalue weighted by Crippen LogP contribution is 2.36. The Hall–Kier alpha value is -2.58. The molecule has 0 saturated carbocycles. The molecule has 1 saturated heterocycles. The highest BCUT2D eigenvalue weighted by Gasteiger charge is 2.42. The minimum atomic E-state index is -0.270. The van der Waals surface area contributed by atoms with Crippen LogP contribution in [-0.2, 0) is 9.59 Å². The van der Waals surface area contributed by atoms with E-state index in [9.17, 15) is 14.7 Å². The van der Waals surface area contributed by atoms with E-state index >= 15 is 0 Å². The highest BCUT2D eigenvalue weighted by molar-refractivity contribution is 6.35. The zero-order chi connectivity index (χ0) is 21.8. The Morgan fingerprint density at radius 1 is 1.00 bits per heavy atom. The van der Waals surface area contributed by atoms with Crippen LogP contribution in [0.1, 0.15) is 19.4 Å². The molecule has 164 valence electrons. The van der Waals surface area contributed by atoms with Crippen LogP contribution in [0.25, 0.3) is 5.57 Å². The number of nitrogens with zero attached hydrogens (tertiary/aromatic N) is 3. The summed E-state index contributed by atoms with van der Waals surface area (Å²) in [7, 11) is 3.10. The van der Waals surface area contributed by atoms with Crippen LogP contribution in [0, 0.1) is 5.92 Å². The quantitative estimate of drug-likeness (QED) is 0.633. The molecule has 0 bridgehead atoms. The van der Waals surface area contributed by atoms with Crippen molar-refractivity contribution in [3.8, 4) is 11.5 Å². The number of aliphatic hydroxyl groups is 1. The summed E-state index contributed by atoms with van der Waals surface area (Å²) in [5, 5.41) is 9.18. The molecule has 0 spiro atoms. The van der Waals surface area contributed by atoms with E-state index in [2.05, 4.69) is 4.90 Å². The molecule has 0 unspecified atom stereocenters. The second-order valence-electron chi connectivity index (χ2n) is 7.96.